The highest BCUT2D eigenvalue weighted by Gasteiger charge is 2.11. The third-order valence-electron chi connectivity index (χ3n) is 2.91. The summed E-state index contributed by atoms with van der Waals surface area (Å²) in [4.78, 5) is 15.0. The lowest BCUT2D eigenvalue weighted by atomic mass is 10.4. The molecule has 0 aromatic carbocycles. The number of aliphatic hydroxyl groups excluding tert-OH is 2. The van der Waals surface area contributed by atoms with E-state index < -0.39 is 6.10 Å². The van der Waals surface area contributed by atoms with Crippen LogP contribution in [0.15, 0.2) is 0 Å². The molecule has 0 radical (unpaired) electrons. The average molecular weight is 298 g/mol. The van der Waals surface area contributed by atoms with Gasteiger partial charge in [-0.3, -0.25) is 0 Å². The molecule has 1 aromatic heterocycles. The topological polar surface area (TPSA) is 106 Å². The summed E-state index contributed by atoms with van der Waals surface area (Å²) in [5, 5.41) is 24.3. The lowest BCUT2D eigenvalue weighted by Crippen LogP contribution is -2.27. The molecule has 1 heterocycles. The van der Waals surface area contributed by atoms with Gasteiger partial charge in [-0.2, -0.15) is 15.0 Å². The third-order valence-corrected chi connectivity index (χ3v) is 2.91. The molecule has 0 aliphatic carbocycles. The highest BCUT2D eigenvalue weighted by molar-refractivity contribution is 5.43. The molecule has 0 aliphatic rings. The van der Waals surface area contributed by atoms with Crippen LogP contribution < -0.4 is 15.5 Å². The molecule has 1 atom stereocenters. The molecular formula is C13H26N6O2. The first kappa shape index (κ1) is 17.4. The molecule has 8 nitrogen and oxygen atoms in total. The van der Waals surface area contributed by atoms with Gasteiger partial charge in [0.1, 0.15) is 0 Å². The van der Waals surface area contributed by atoms with Crippen LogP contribution >= 0.6 is 0 Å². The summed E-state index contributed by atoms with van der Waals surface area (Å²) in [5.74, 6) is 1.49. The molecule has 0 saturated heterocycles. The number of nitrogens with zero attached hydrogens (tertiary/aromatic N) is 4. The molecular weight excluding hydrogens is 272 g/mol. The Morgan fingerprint density at radius 3 is 2.19 bits per heavy atom. The van der Waals surface area contributed by atoms with Crippen molar-refractivity contribution in [3.63, 3.8) is 0 Å². The number of anilines is 3. The van der Waals surface area contributed by atoms with Crippen molar-refractivity contribution in [3.8, 4) is 0 Å². The van der Waals surface area contributed by atoms with Crippen molar-refractivity contribution < 1.29 is 10.2 Å². The molecule has 1 aromatic rings. The van der Waals surface area contributed by atoms with Gasteiger partial charge in [0, 0.05) is 26.2 Å². The van der Waals surface area contributed by atoms with Gasteiger partial charge in [0.2, 0.25) is 17.8 Å². The molecule has 4 N–H and O–H groups in total. The molecule has 0 amide bonds. The fourth-order valence-electron chi connectivity index (χ4n) is 1.68. The largest absolute Gasteiger partial charge is 0.394 e. The van der Waals surface area contributed by atoms with Crippen LogP contribution in [-0.4, -0.2) is 64.1 Å². The maximum absolute atomic E-state index is 9.39. The van der Waals surface area contributed by atoms with Gasteiger partial charge >= 0.3 is 0 Å². The van der Waals surface area contributed by atoms with Crippen molar-refractivity contribution in [1.82, 2.24) is 15.0 Å². The standard InChI is InChI=1S/C13H26N6O2/c1-4-7-14-11-16-12(15-8-10(21)9-20)18-13(17-11)19(5-2)6-3/h10,20-21H,4-9H2,1-3H3,(H2,14,15,16,17,18). The normalized spacial score (nSPS) is 12.0. The van der Waals surface area contributed by atoms with Crippen LogP contribution in [0.2, 0.25) is 0 Å². The van der Waals surface area contributed by atoms with E-state index >= 15 is 0 Å². The molecule has 1 unspecified atom stereocenters. The summed E-state index contributed by atoms with van der Waals surface area (Å²) >= 11 is 0. The first-order valence-corrected chi connectivity index (χ1v) is 7.42. The summed E-state index contributed by atoms with van der Waals surface area (Å²) in [7, 11) is 0. The van der Waals surface area contributed by atoms with Crippen LogP contribution in [0.1, 0.15) is 27.2 Å². The van der Waals surface area contributed by atoms with Crippen LogP contribution in [0.3, 0.4) is 0 Å². The number of rotatable bonds is 10. The van der Waals surface area contributed by atoms with E-state index in [1.54, 1.807) is 0 Å². The first-order valence-electron chi connectivity index (χ1n) is 7.42. The predicted molar refractivity (Wildman–Crippen MR) is 83.8 cm³/mol. The van der Waals surface area contributed by atoms with Crippen molar-refractivity contribution >= 4 is 17.8 Å². The summed E-state index contributed by atoms with van der Waals surface area (Å²) in [6.45, 7) is 8.40. The minimum absolute atomic E-state index is 0.186. The van der Waals surface area contributed by atoms with Crippen molar-refractivity contribution in [2.45, 2.75) is 33.3 Å². The summed E-state index contributed by atoms with van der Waals surface area (Å²) in [6.07, 6.45) is 0.129. The molecule has 0 fully saturated rings. The van der Waals surface area contributed by atoms with Crippen molar-refractivity contribution in [2.24, 2.45) is 0 Å². The Morgan fingerprint density at radius 2 is 1.67 bits per heavy atom. The lowest BCUT2D eigenvalue weighted by Gasteiger charge is -2.20. The van der Waals surface area contributed by atoms with Crippen LogP contribution in [-0.2, 0) is 0 Å². The van der Waals surface area contributed by atoms with Crippen molar-refractivity contribution in [1.29, 1.82) is 0 Å². The van der Waals surface area contributed by atoms with E-state index in [0.29, 0.717) is 17.8 Å². The number of hydrogen-bond acceptors (Lipinski definition) is 8. The van der Waals surface area contributed by atoms with Crippen LogP contribution in [0, 0.1) is 0 Å². The molecule has 120 valence electrons. The van der Waals surface area contributed by atoms with Gasteiger partial charge in [-0.25, -0.2) is 0 Å². The fraction of sp³-hybridized carbons (Fsp3) is 0.769. The van der Waals surface area contributed by atoms with Crippen LogP contribution in [0.5, 0.6) is 0 Å². The molecule has 0 aliphatic heterocycles. The smallest absolute Gasteiger partial charge is 0.231 e. The summed E-state index contributed by atoms with van der Waals surface area (Å²) in [5.41, 5.74) is 0. The molecule has 0 spiro atoms. The highest BCUT2D eigenvalue weighted by Crippen LogP contribution is 2.13. The van der Waals surface area contributed by atoms with Gasteiger partial charge in [-0.15, -0.1) is 0 Å². The second kappa shape index (κ2) is 9.30. The van der Waals surface area contributed by atoms with E-state index in [0.717, 1.165) is 26.1 Å². The van der Waals surface area contributed by atoms with Gasteiger partial charge in [0.25, 0.3) is 0 Å². The molecule has 8 heteroatoms. The zero-order valence-electron chi connectivity index (χ0n) is 13.0. The highest BCUT2D eigenvalue weighted by atomic mass is 16.3. The second-order valence-corrected chi connectivity index (χ2v) is 4.60. The Labute approximate surface area is 125 Å². The van der Waals surface area contributed by atoms with Gasteiger partial charge < -0.3 is 25.7 Å². The summed E-state index contributed by atoms with van der Waals surface area (Å²) < 4.78 is 0. The minimum atomic E-state index is -0.842. The Bertz CT molecular complexity index is 414. The monoisotopic (exact) mass is 298 g/mol. The Hall–Kier alpha value is -1.67. The van der Waals surface area contributed by atoms with E-state index in [2.05, 4.69) is 32.5 Å². The molecule has 0 bridgehead atoms. The predicted octanol–water partition coefficient (Wildman–Crippen LogP) is 0.305. The third kappa shape index (κ3) is 5.68. The average Bonchev–Trinajstić information content (AvgIpc) is 2.51. The van der Waals surface area contributed by atoms with Crippen LogP contribution in [0.4, 0.5) is 17.8 Å². The SMILES string of the molecule is CCCNc1nc(NCC(O)CO)nc(N(CC)CC)n1. The molecule has 21 heavy (non-hydrogen) atoms. The second-order valence-electron chi connectivity index (χ2n) is 4.60. The maximum atomic E-state index is 9.39. The zero-order chi connectivity index (χ0) is 15.7. The quantitative estimate of drug-likeness (QED) is 0.489. The minimum Gasteiger partial charge on any atom is -0.394 e. The zero-order valence-corrected chi connectivity index (χ0v) is 13.0. The Balaban J connectivity index is 2.91. The maximum Gasteiger partial charge on any atom is 0.231 e. The number of aliphatic hydroxyl groups is 2. The van der Waals surface area contributed by atoms with Crippen molar-refractivity contribution in [2.75, 3.05) is 48.3 Å². The van der Waals surface area contributed by atoms with Gasteiger partial charge in [0.05, 0.1) is 12.7 Å². The van der Waals surface area contributed by atoms with Crippen molar-refractivity contribution in [3.05, 3.63) is 0 Å². The van der Waals surface area contributed by atoms with E-state index in [9.17, 15) is 5.11 Å². The summed E-state index contributed by atoms with van der Waals surface area (Å²) in [6, 6.07) is 0. The lowest BCUT2D eigenvalue weighted by molar-refractivity contribution is 0.105. The van der Waals surface area contributed by atoms with E-state index in [4.69, 9.17) is 5.11 Å². The van der Waals surface area contributed by atoms with E-state index in [1.165, 1.54) is 0 Å². The van der Waals surface area contributed by atoms with Gasteiger partial charge in [-0.1, -0.05) is 6.92 Å². The first-order chi connectivity index (χ1) is 10.1. The van der Waals surface area contributed by atoms with E-state index in [1.807, 2.05) is 18.7 Å². The fourth-order valence-corrected chi connectivity index (χ4v) is 1.68. The van der Waals surface area contributed by atoms with E-state index in [-0.39, 0.29) is 13.2 Å². The molecule has 0 saturated carbocycles. The van der Waals surface area contributed by atoms with Gasteiger partial charge in [-0.05, 0) is 20.3 Å². The number of aromatic nitrogens is 3. The molecule has 1 rings (SSSR count). The van der Waals surface area contributed by atoms with Gasteiger partial charge in [0.15, 0.2) is 0 Å². The number of hydrogen-bond donors (Lipinski definition) is 4. The van der Waals surface area contributed by atoms with Crippen LogP contribution in [0.25, 0.3) is 0 Å². The Kier molecular flexibility index (Phi) is 7.70. The number of nitrogens with one attached hydrogen (secondary N) is 2. The Morgan fingerprint density at radius 1 is 1.05 bits per heavy atom.